The second-order valence-electron chi connectivity index (χ2n) is 8.59. The molecule has 1 saturated heterocycles. The highest BCUT2D eigenvalue weighted by molar-refractivity contribution is 8.18. The van der Waals surface area contributed by atoms with Crippen molar-refractivity contribution < 1.29 is 28.3 Å². The fourth-order valence-electron chi connectivity index (χ4n) is 3.63. The standard InChI is InChI=1S/C28H26N2O6S/c1-4-35-27(33)20-7-5-19(6-8-20)23-14-13-22(36-23)15-24-26(32)30(28(34)37-24)16-25(31)29-21-11-9-18(10-12-21)17(2)3/h5-15,17H,4,16H2,1-3H3,(H,29,31)/b24-15+. The van der Waals surface area contributed by atoms with Crippen LogP contribution in [0.1, 0.15) is 48.4 Å². The lowest BCUT2D eigenvalue weighted by Crippen LogP contribution is -2.36. The Labute approximate surface area is 218 Å². The number of nitrogens with zero attached hydrogens (tertiary/aromatic N) is 1. The summed E-state index contributed by atoms with van der Waals surface area (Å²) in [5.74, 6) is -0.144. The van der Waals surface area contributed by atoms with Gasteiger partial charge in [-0.1, -0.05) is 38.1 Å². The Bertz CT molecular complexity index is 1360. The molecule has 0 saturated carbocycles. The van der Waals surface area contributed by atoms with Gasteiger partial charge >= 0.3 is 5.97 Å². The molecule has 0 radical (unpaired) electrons. The van der Waals surface area contributed by atoms with E-state index in [1.807, 2.05) is 12.1 Å². The molecule has 4 rings (SSSR count). The Balaban J connectivity index is 1.40. The lowest BCUT2D eigenvalue weighted by Gasteiger charge is -2.13. The van der Waals surface area contributed by atoms with Gasteiger partial charge in [-0.3, -0.25) is 19.3 Å². The Kier molecular flexibility index (Phi) is 7.93. The molecule has 190 valence electrons. The lowest BCUT2D eigenvalue weighted by molar-refractivity contribution is -0.127. The molecule has 8 nitrogen and oxygen atoms in total. The molecule has 2 heterocycles. The van der Waals surface area contributed by atoms with Crippen molar-refractivity contribution in [2.75, 3.05) is 18.5 Å². The maximum Gasteiger partial charge on any atom is 0.338 e. The molecule has 1 fully saturated rings. The van der Waals surface area contributed by atoms with Crippen molar-refractivity contribution in [2.24, 2.45) is 0 Å². The fourth-order valence-corrected chi connectivity index (χ4v) is 4.45. The van der Waals surface area contributed by atoms with E-state index in [1.54, 1.807) is 55.5 Å². The van der Waals surface area contributed by atoms with Gasteiger partial charge in [-0.25, -0.2) is 4.79 Å². The number of amides is 3. The van der Waals surface area contributed by atoms with Gasteiger partial charge in [0.15, 0.2) is 0 Å². The first-order chi connectivity index (χ1) is 17.7. The molecule has 37 heavy (non-hydrogen) atoms. The minimum absolute atomic E-state index is 0.164. The highest BCUT2D eigenvalue weighted by Gasteiger charge is 2.36. The van der Waals surface area contributed by atoms with Crippen molar-refractivity contribution in [3.05, 3.63) is 82.5 Å². The number of carbonyl (C=O) groups excluding carboxylic acids is 4. The molecule has 0 atom stereocenters. The third-order valence-electron chi connectivity index (χ3n) is 5.62. The van der Waals surface area contributed by atoms with Crippen LogP contribution in [0.3, 0.4) is 0 Å². The Hall–Kier alpha value is -4.11. The first-order valence-corrected chi connectivity index (χ1v) is 12.6. The molecule has 1 N–H and O–H groups in total. The van der Waals surface area contributed by atoms with E-state index in [4.69, 9.17) is 9.15 Å². The summed E-state index contributed by atoms with van der Waals surface area (Å²) in [4.78, 5) is 50.6. The largest absolute Gasteiger partial charge is 0.462 e. The van der Waals surface area contributed by atoms with Crippen LogP contribution >= 0.6 is 11.8 Å². The number of furan rings is 1. The highest BCUT2D eigenvalue weighted by Crippen LogP contribution is 2.33. The molecule has 9 heteroatoms. The molecule has 2 aromatic carbocycles. The van der Waals surface area contributed by atoms with Crippen LogP contribution in [-0.4, -0.2) is 41.1 Å². The van der Waals surface area contributed by atoms with Crippen molar-refractivity contribution in [2.45, 2.75) is 26.7 Å². The summed E-state index contributed by atoms with van der Waals surface area (Å²) >= 11 is 0.752. The van der Waals surface area contributed by atoms with Crippen molar-refractivity contribution in [1.82, 2.24) is 4.90 Å². The van der Waals surface area contributed by atoms with Gasteiger partial charge < -0.3 is 14.5 Å². The maximum absolute atomic E-state index is 12.8. The van der Waals surface area contributed by atoms with E-state index in [9.17, 15) is 19.2 Å². The quantitative estimate of drug-likeness (QED) is 0.291. The van der Waals surface area contributed by atoms with E-state index in [1.165, 1.54) is 6.08 Å². The third-order valence-corrected chi connectivity index (χ3v) is 6.52. The maximum atomic E-state index is 12.8. The molecule has 0 bridgehead atoms. The van der Waals surface area contributed by atoms with Crippen LogP contribution in [0.2, 0.25) is 0 Å². The predicted molar refractivity (Wildman–Crippen MR) is 142 cm³/mol. The summed E-state index contributed by atoms with van der Waals surface area (Å²) in [6, 6.07) is 17.6. The van der Waals surface area contributed by atoms with E-state index >= 15 is 0 Å². The number of benzene rings is 2. The van der Waals surface area contributed by atoms with Gasteiger partial charge in [0.05, 0.1) is 17.1 Å². The number of nitrogens with one attached hydrogen (secondary N) is 1. The number of ether oxygens (including phenoxy) is 1. The van der Waals surface area contributed by atoms with Gasteiger partial charge in [-0.2, -0.15) is 0 Å². The molecule has 3 amide bonds. The summed E-state index contributed by atoms with van der Waals surface area (Å²) in [6.45, 7) is 5.81. The van der Waals surface area contributed by atoms with Crippen molar-refractivity contribution >= 4 is 46.5 Å². The number of anilines is 1. The van der Waals surface area contributed by atoms with Crippen LogP contribution in [0.25, 0.3) is 17.4 Å². The van der Waals surface area contributed by atoms with Gasteiger partial charge in [0.1, 0.15) is 18.1 Å². The summed E-state index contributed by atoms with van der Waals surface area (Å²) in [7, 11) is 0. The van der Waals surface area contributed by atoms with E-state index < -0.39 is 23.0 Å². The monoisotopic (exact) mass is 518 g/mol. The Morgan fingerprint density at radius 2 is 1.73 bits per heavy atom. The van der Waals surface area contributed by atoms with Crippen molar-refractivity contribution in [3.8, 4) is 11.3 Å². The average Bonchev–Trinajstić information content (AvgIpc) is 3.45. The highest BCUT2D eigenvalue weighted by atomic mass is 32.2. The zero-order valence-corrected chi connectivity index (χ0v) is 21.5. The number of rotatable bonds is 8. The van der Waals surface area contributed by atoms with Crippen LogP contribution in [-0.2, 0) is 14.3 Å². The van der Waals surface area contributed by atoms with Crippen LogP contribution < -0.4 is 5.32 Å². The second-order valence-corrected chi connectivity index (χ2v) is 9.59. The topological polar surface area (TPSA) is 106 Å². The smallest absolute Gasteiger partial charge is 0.338 e. The van der Waals surface area contributed by atoms with E-state index in [0.717, 1.165) is 27.8 Å². The number of hydrogen-bond acceptors (Lipinski definition) is 7. The van der Waals surface area contributed by atoms with E-state index in [-0.39, 0.29) is 11.4 Å². The van der Waals surface area contributed by atoms with Gasteiger partial charge in [0.2, 0.25) is 5.91 Å². The van der Waals surface area contributed by atoms with Gasteiger partial charge in [-0.05, 0) is 66.6 Å². The van der Waals surface area contributed by atoms with E-state index in [0.29, 0.717) is 35.3 Å². The molecule has 0 spiro atoms. The van der Waals surface area contributed by atoms with Gasteiger partial charge in [0.25, 0.3) is 11.1 Å². The molecular weight excluding hydrogens is 492 g/mol. The van der Waals surface area contributed by atoms with Crippen LogP contribution in [0.4, 0.5) is 10.5 Å². The molecule has 1 aliphatic rings. The Morgan fingerprint density at radius 1 is 1.03 bits per heavy atom. The van der Waals surface area contributed by atoms with Gasteiger partial charge in [-0.15, -0.1) is 0 Å². The van der Waals surface area contributed by atoms with Crippen LogP contribution in [0, 0.1) is 0 Å². The molecule has 1 aromatic heterocycles. The molecule has 0 aliphatic carbocycles. The minimum Gasteiger partial charge on any atom is -0.462 e. The summed E-state index contributed by atoms with van der Waals surface area (Å²) < 4.78 is 10.8. The normalized spacial score (nSPS) is 14.5. The Morgan fingerprint density at radius 3 is 2.38 bits per heavy atom. The number of thioether (sulfide) groups is 1. The summed E-state index contributed by atoms with van der Waals surface area (Å²) in [5.41, 5.74) is 2.90. The van der Waals surface area contributed by atoms with Crippen LogP contribution in [0.5, 0.6) is 0 Å². The lowest BCUT2D eigenvalue weighted by atomic mass is 10.0. The summed E-state index contributed by atoms with van der Waals surface area (Å²) in [6.07, 6.45) is 1.48. The second kappa shape index (κ2) is 11.3. The van der Waals surface area contributed by atoms with Crippen molar-refractivity contribution in [1.29, 1.82) is 0 Å². The summed E-state index contributed by atoms with van der Waals surface area (Å²) in [5, 5.41) is 2.19. The predicted octanol–water partition coefficient (Wildman–Crippen LogP) is 5.92. The molecule has 0 unspecified atom stereocenters. The number of hydrogen-bond donors (Lipinski definition) is 1. The van der Waals surface area contributed by atoms with Gasteiger partial charge in [0, 0.05) is 17.3 Å². The zero-order chi connectivity index (χ0) is 26.5. The first kappa shape index (κ1) is 26.0. The van der Waals surface area contributed by atoms with Crippen LogP contribution in [0.15, 0.2) is 70.0 Å². The number of imide groups is 1. The fraction of sp³-hybridized carbons (Fsp3) is 0.214. The SMILES string of the molecule is CCOC(=O)c1ccc(-c2ccc(/C=C3/SC(=O)N(CC(=O)Nc4ccc(C(C)C)cc4)C3=O)o2)cc1. The zero-order valence-electron chi connectivity index (χ0n) is 20.6. The minimum atomic E-state index is -0.558. The number of carbonyl (C=O) groups is 4. The van der Waals surface area contributed by atoms with E-state index in [2.05, 4.69) is 19.2 Å². The number of esters is 1. The van der Waals surface area contributed by atoms with Crippen molar-refractivity contribution in [3.63, 3.8) is 0 Å². The molecule has 3 aromatic rings. The average molecular weight is 519 g/mol. The first-order valence-electron chi connectivity index (χ1n) is 11.8. The third kappa shape index (κ3) is 6.18. The molecular formula is C28H26N2O6S. The molecule has 1 aliphatic heterocycles.